The maximum Gasteiger partial charge on any atom is 0.0943 e. The van der Waals surface area contributed by atoms with E-state index in [-0.39, 0.29) is 0 Å². The van der Waals surface area contributed by atoms with E-state index in [1.165, 1.54) is 38.5 Å². The molecule has 2 nitrogen and oxygen atoms in total. The van der Waals surface area contributed by atoms with Gasteiger partial charge in [-0.1, -0.05) is 32.1 Å². The predicted molar refractivity (Wildman–Crippen MR) is 50.8 cm³/mol. The van der Waals surface area contributed by atoms with Crippen molar-refractivity contribution < 1.29 is 4.74 Å². The van der Waals surface area contributed by atoms with Crippen molar-refractivity contribution in [3.8, 4) is 0 Å². The molecule has 0 bridgehead atoms. The van der Waals surface area contributed by atoms with E-state index in [2.05, 4.69) is 6.92 Å². The summed E-state index contributed by atoms with van der Waals surface area (Å²) < 4.78 is 5.32. The molecule has 12 heavy (non-hydrogen) atoms. The predicted octanol–water partition coefficient (Wildman–Crippen LogP) is 2.28. The Morgan fingerprint density at radius 3 is 2.58 bits per heavy atom. The number of hydrogen-bond acceptors (Lipinski definition) is 2. The second kappa shape index (κ2) is 5.55. The average Bonchev–Trinajstić information content (AvgIpc) is 2.06. The molecule has 0 aromatic heterocycles. The first-order valence-electron chi connectivity index (χ1n) is 5.14. The summed E-state index contributed by atoms with van der Waals surface area (Å²) in [5.74, 6) is 0.903. The van der Waals surface area contributed by atoms with Crippen LogP contribution in [0.1, 0.15) is 45.4 Å². The van der Waals surface area contributed by atoms with Crippen molar-refractivity contribution in [3.05, 3.63) is 0 Å². The summed E-state index contributed by atoms with van der Waals surface area (Å²) in [4.78, 5) is 0. The highest BCUT2D eigenvalue weighted by molar-refractivity contribution is 4.68. The Kier molecular flexibility index (Phi) is 4.62. The molecular formula is C10H21NO. The van der Waals surface area contributed by atoms with Gasteiger partial charge in [-0.05, 0) is 19.3 Å². The SMILES string of the molecule is CC(CC1CCCCC1)OCN. The molecule has 0 saturated heterocycles. The highest BCUT2D eigenvalue weighted by Crippen LogP contribution is 2.27. The molecule has 1 fully saturated rings. The normalized spacial score (nSPS) is 22.5. The van der Waals surface area contributed by atoms with Gasteiger partial charge in [-0.3, -0.25) is 0 Å². The summed E-state index contributed by atoms with van der Waals surface area (Å²) in [7, 11) is 0. The van der Waals surface area contributed by atoms with E-state index in [9.17, 15) is 0 Å². The quantitative estimate of drug-likeness (QED) is 0.659. The Hall–Kier alpha value is -0.0800. The average molecular weight is 171 g/mol. The molecule has 1 saturated carbocycles. The van der Waals surface area contributed by atoms with Crippen LogP contribution in [0.15, 0.2) is 0 Å². The van der Waals surface area contributed by atoms with E-state index in [0.717, 1.165) is 5.92 Å². The van der Waals surface area contributed by atoms with Crippen molar-refractivity contribution in [1.29, 1.82) is 0 Å². The molecule has 2 heteroatoms. The smallest absolute Gasteiger partial charge is 0.0943 e. The van der Waals surface area contributed by atoms with Crippen LogP contribution in [-0.4, -0.2) is 12.8 Å². The van der Waals surface area contributed by atoms with Gasteiger partial charge in [-0.2, -0.15) is 0 Å². The van der Waals surface area contributed by atoms with Crippen LogP contribution >= 0.6 is 0 Å². The van der Waals surface area contributed by atoms with Crippen LogP contribution in [0.3, 0.4) is 0 Å². The van der Waals surface area contributed by atoms with Gasteiger partial charge in [0.1, 0.15) is 0 Å². The number of hydrogen-bond donors (Lipinski definition) is 1. The zero-order chi connectivity index (χ0) is 8.81. The Labute approximate surface area is 75.5 Å². The van der Waals surface area contributed by atoms with E-state index in [1.807, 2.05) is 0 Å². The van der Waals surface area contributed by atoms with Gasteiger partial charge in [-0.15, -0.1) is 0 Å². The Bertz CT molecular complexity index is 110. The fourth-order valence-corrected chi connectivity index (χ4v) is 2.12. The summed E-state index contributed by atoms with van der Waals surface area (Å²) in [6, 6.07) is 0. The van der Waals surface area contributed by atoms with Crippen LogP contribution in [0.5, 0.6) is 0 Å². The molecule has 1 unspecified atom stereocenters. The van der Waals surface area contributed by atoms with Crippen LogP contribution in [0.2, 0.25) is 0 Å². The summed E-state index contributed by atoms with van der Waals surface area (Å²) in [6.45, 7) is 2.50. The molecule has 1 rings (SSSR count). The molecule has 2 N–H and O–H groups in total. The molecule has 0 radical (unpaired) electrons. The lowest BCUT2D eigenvalue weighted by atomic mass is 9.86. The fourth-order valence-electron chi connectivity index (χ4n) is 2.12. The van der Waals surface area contributed by atoms with Gasteiger partial charge in [0.15, 0.2) is 0 Å². The van der Waals surface area contributed by atoms with E-state index in [1.54, 1.807) is 0 Å². The van der Waals surface area contributed by atoms with Gasteiger partial charge in [0.2, 0.25) is 0 Å². The summed E-state index contributed by atoms with van der Waals surface area (Å²) >= 11 is 0. The van der Waals surface area contributed by atoms with Crippen LogP contribution < -0.4 is 5.73 Å². The third-order valence-corrected chi connectivity index (χ3v) is 2.77. The second-order valence-corrected chi connectivity index (χ2v) is 3.88. The van der Waals surface area contributed by atoms with Crippen molar-refractivity contribution in [3.63, 3.8) is 0 Å². The minimum absolute atomic E-state index is 0.359. The van der Waals surface area contributed by atoms with Gasteiger partial charge in [0.05, 0.1) is 12.8 Å². The second-order valence-electron chi connectivity index (χ2n) is 3.88. The molecule has 1 aliphatic carbocycles. The minimum Gasteiger partial charge on any atom is -0.364 e. The zero-order valence-electron chi connectivity index (χ0n) is 8.09. The number of ether oxygens (including phenoxy) is 1. The van der Waals surface area contributed by atoms with E-state index in [4.69, 9.17) is 10.5 Å². The van der Waals surface area contributed by atoms with Gasteiger partial charge in [0.25, 0.3) is 0 Å². The maximum absolute atomic E-state index is 5.32. The van der Waals surface area contributed by atoms with Crippen molar-refractivity contribution >= 4 is 0 Å². The van der Waals surface area contributed by atoms with Crippen LogP contribution in [0.25, 0.3) is 0 Å². The number of nitrogens with two attached hydrogens (primary N) is 1. The first-order chi connectivity index (χ1) is 5.83. The molecule has 0 heterocycles. The highest BCUT2D eigenvalue weighted by Gasteiger charge is 2.16. The lowest BCUT2D eigenvalue weighted by Crippen LogP contribution is -2.19. The third kappa shape index (κ3) is 3.55. The maximum atomic E-state index is 5.32. The topological polar surface area (TPSA) is 35.2 Å². The fraction of sp³-hybridized carbons (Fsp3) is 1.00. The molecule has 72 valence electrons. The van der Waals surface area contributed by atoms with Crippen molar-refractivity contribution in [1.82, 2.24) is 0 Å². The molecule has 0 aromatic carbocycles. The van der Waals surface area contributed by atoms with Crippen molar-refractivity contribution in [2.24, 2.45) is 11.7 Å². The van der Waals surface area contributed by atoms with Gasteiger partial charge in [-0.25, -0.2) is 0 Å². The Balaban J connectivity index is 2.11. The molecule has 0 spiro atoms. The standard InChI is InChI=1S/C10H21NO/c1-9(12-8-11)7-10-5-3-2-4-6-10/h9-10H,2-8,11H2,1H3. The molecular weight excluding hydrogens is 150 g/mol. The number of rotatable bonds is 4. The first kappa shape index (κ1) is 10.0. The van der Waals surface area contributed by atoms with E-state index in [0.29, 0.717) is 12.8 Å². The van der Waals surface area contributed by atoms with Crippen molar-refractivity contribution in [2.45, 2.75) is 51.6 Å². The molecule has 0 aliphatic heterocycles. The summed E-state index contributed by atoms with van der Waals surface area (Å²) in [5.41, 5.74) is 5.31. The monoisotopic (exact) mass is 171 g/mol. The molecule has 0 aromatic rings. The van der Waals surface area contributed by atoms with E-state index >= 15 is 0 Å². The van der Waals surface area contributed by atoms with E-state index < -0.39 is 0 Å². The largest absolute Gasteiger partial charge is 0.364 e. The van der Waals surface area contributed by atoms with Crippen LogP contribution in [-0.2, 0) is 4.74 Å². The zero-order valence-corrected chi connectivity index (χ0v) is 8.09. The Morgan fingerprint density at radius 1 is 1.33 bits per heavy atom. The third-order valence-electron chi connectivity index (χ3n) is 2.77. The Morgan fingerprint density at radius 2 is 2.00 bits per heavy atom. The summed E-state index contributed by atoms with van der Waals surface area (Å²) in [5, 5.41) is 0. The van der Waals surface area contributed by atoms with Crippen LogP contribution in [0, 0.1) is 5.92 Å². The molecule has 1 atom stereocenters. The van der Waals surface area contributed by atoms with Gasteiger partial charge < -0.3 is 10.5 Å². The molecule has 1 aliphatic rings. The molecule has 0 amide bonds. The van der Waals surface area contributed by atoms with Crippen molar-refractivity contribution in [2.75, 3.05) is 6.73 Å². The van der Waals surface area contributed by atoms with Gasteiger partial charge >= 0.3 is 0 Å². The summed E-state index contributed by atoms with van der Waals surface area (Å²) in [6.07, 6.45) is 8.63. The highest BCUT2D eigenvalue weighted by atomic mass is 16.5. The minimum atomic E-state index is 0.359. The lowest BCUT2D eigenvalue weighted by molar-refractivity contribution is 0.0485. The van der Waals surface area contributed by atoms with Gasteiger partial charge in [0, 0.05) is 0 Å². The lowest BCUT2D eigenvalue weighted by Gasteiger charge is -2.24. The first-order valence-corrected chi connectivity index (χ1v) is 5.14. The van der Waals surface area contributed by atoms with Crippen LogP contribution in [0.4, 0.5) is 0 Å².